The van der Waals surface area contributed by atoms with Crippen LogP contribution in [0.15, 0.2) is 24.4 Å². The maximum absolute atomic E-state index is 12.1. The van der Waals surface area contributed by atoms with Gasteiger partial charge in [-0.2, -0.15) is 0 Å². The molecule has 146 valence electrons. The van der Waals surface area contributed by atoms with E-state index in [1.165, 1.54) is 11.3 Å². The summed E-state index contributed by atoms with van der Waals surface area (Å²) in [4.78, 5) is 16.3. The number of aromatic nitrogens is 5. The Kier molecular flexibility index (Phi) is 5.87. The van der Waals surface area contributed by atoms with Gasteiger partial charge in [-0.1, -0.05) is 28.7 Å². The number of nitrogens with one attached hydrogen (secondary N) is 2. The van der Waals surface area contributed by atoms with Crippen molar-refractivity contribution in [2.75, 3.05) is 17.7 Å². The Morgan fingerprint density at radius 2 is 2.04 bits per heavy atom. The zero-order valence-corrected chi connectivity index (χ0v) is 17.1. The standard InChI is InChI=1S/C18H21N7OS2/c1-19-17-24-23-16(28-17)12-6-5-11(8-12)9-15-22-25-18(27-15)21-14(26)10-13-4-2-3-7-20-13/h2-4,7,11-12H,5-6,8-10H2,1H3,(H,19,24)(H,21,25,26). The van der Waals surface area contributed by atoms with Gasteiger partial charge in [-0.05, 0) is 37.3 Å². The van der Waals surface area contributed by atoms with Gasteiger partial charge in [-0.25, -0.2) is 0 Å². The van der Waals surface area contributed by atoms with Crippen molar-refractivity contribution in [1.82, 2.24) is 25.4 Å². The van der Waals surface area contributed by atoms with Crippen LogP contribution in [0.25, 0.3) is 0 Å². The summed E-state index contributed by atoms with van der Waals surface area (Å²) in [6.07, 6.45) is 6.19. The van der Waals surface area contributed by atoms with Gasteiger partial charge in [0.25, 0.3) is 0 Å². The SMILES string of the molecule is CNc1nnc(C2CCC(Cc3nnc(NC(=O)Cc4ccccn4)s3)C2)s1. The minimum absolute atomic E-state index is 0.126. The van der Waals surface area contributed by atoms with E-state index in [0.29, 0.717) is 17.0 Å². The molecule has 3 aromatic heterocycles. The molecule has 0 radical (unpaired) electrons. The molecule has 28 heavy (non-hydrogen) atoms. The van der Waals surface area contributed by atoms with Crippen LogP contribution in [-0.2, 0) is 17.6 Å². The Balaban J connectivity index is 1.28. The molecule has 2 atom stereocenters. The highest BCUT2D eigenvalue weighted by Crippen LogP contribution is 2.41. The summed E-state index contributed by atoms with van der Waals surface area (Å²) in [6, 6.07) is 5.53. The van der Waals surface area contributed by atoms with Crippen LogP contribution in [0.5, 0.6) is 0 Å². The summed E-state index contributed by atoms with van der Waals surface area (Å²) in [6.45, 7) is 0. The van der Waals surface area contributed by atoms with Crippen molar-refractivity contribution < 1.29 is 4.79 Å². The maximum Gasteiger partial charge on any atom is 0.232 e. The predicted molar refractivity (Wildman–Crippen MR) is 110 cm³/mol. The van der Waals surface area contributed by atoms with Gasteiger partial charge in [0.15, 0.2) is 0 Å². The molecule has 0 saturated heterocycles. The summed E-state index contributed by atoms with van der Waals surface area (Å²) in [5, 5.41) is 26.2. The molecule has 8 nitrogen and oxygen atoms in total. The number of hydrogen-bond donors (Lipinski definition) is 2. The van der Waals surface area contributed by atoms with Gasteiger partial charge >= 0.3 is 0 Å². The minimum atomic E-state index is -0.126. The summed E-state index contributed by atoms with van der Waals surface area (Å²) in [5.74, 6) is 0.922. The molecule has 1 aliphatic carbocycles. The lowest BCUT2D eigenvalue weighted by molar-refractivity contribution is -0.115. The van der Waals surface area contributed by atoms with Gasteiger partial charge in [0, 0.05) is 31.3 Å². The number of hydrogen-bond acceptors (Lipinski definition) is 9. The van der Waals surface area contributed by atoms with E-state index in [9.17, 15) is 4.79 Å². The Labute approximate surface area is 170 Å². The Morgan fingerprint density at radius 1 is 1.14 bits per heavy atom. The Hall–Kier alpha value is -2.46. The highest BCUT2D eigenvalue weighted by molar-refractivity contribution is 7.15. The molecule has 3 aromatic rings. The molecule has 1 fully saturated rings. The highest BCUT2D eigenvalue weighted by atomic mass is 32.1. The fraction of sp³-hybridized carbons (Fsp3) is 0.444. The molecule has 0 aliphatic heterocycles. The van der Waals surface area contributed by atoms with Crippen molar-refractivity contribution in [1.29, 1.82) is 0 Å². The molecule has 10 heteroatoms. The van der Waals surface area contributed by atoms with Gasteiger partial charge in [0.2, 0.25) is 16.2 Å². The largest absolute Gasteiger partial charge is 0.363 e. The summed E-state index contributed by atoms with van der Waals surface area (Å²) < 4.78 is 0. The van der Waals surface area contributed by atoms with Crippen molar-refractivity contribution in [2.45, 2.75) is 38.0 Å². The number of carbonyl (C=O) groups is 1. The van der Waals surface area contributed by atoms with Crippen LogP contribution in [-0.4, -0.2) is 38.3 Å². The zero-order chi connectivity index (χ0) is 19.3. The first kappa shape index (κ1) is 18.9. The van der Waals surface area contributed by atoms with E-state index in [2.05, 4.69) is 36.0 Å². The third kappa shape index (κ3) is 4.68. The van der Waals surface area contributed by atoms with Gasteiger partial charge < -0.3 is 10.6 Å². The van der Waals surface area contributed by atoms with E-state index < -0.39 is 0 Å². The molecule has 2 N–H and O–H groups in total. The molecule has 0 spiro atoms. The molecule has 1 amide bonds. The second-order valence-corrected chi connectivity index (χ2v) is 8.89. The van der Waals surface area contributed by atoms with E-state index in [1.807, 2.05) is 25.2 Å². The molecule has 4 rings (SSSR count). The van der Waals surface area contributed by atoms with Crippen molar-refractivity contribution in [3.8, 4) is 0 Å². The van der Waals surface area contributed by atoms with Crippen LogP contribution in [0.3, 0.4) is 0 Å². The Morgan fingerprint density at radius 3 is 2.82 bits per heavy atom. The second kappa shape index (κ2) is 8.70. The lowest BCUT2D eigenvalue weighted by Gasteiger charge is -2.06. The third-order valence-electron chi connectivity index (χ3n) is 4.79. The van der Waals surface area contributed by atoms with Crippen molar-refractivity contribution in [3.63, 3.8) is 0 Å². The van der Waals surface area contributed by atoms with Crippen LogP contribution in [0.1, 0.15) is 40.9 Å². The van der Waals surface area contributed by atoms with E-state index in [-0.39, 0.29) is 12.3 Å². The molecule has 3 heterocycles. The van der Waals surface area contributed by atoms with Crippen LogP contribution in [0.2, 0.25) is 0 Å². The van der Waals surface area contributed by atoms with E-state index in [4.69, 9.17) is 0 Å². The highest BCUT2D eigenvalue weighted by Gasteiger charge is 2.29. The van der Waals surface area contributed by atoms with Crippen molar-refractivity contribution in [3.05, 3.63) is 40.1 Å². The van der Waals surface area contributed by atoms with Gasteiger partial charge in [0.05, 0.1) is 6.42 Å². The third-order valence-corrected chi connectivity index (χ3v) is 6.75. The Bertz CT molecular complexity index is 927. The topological polar surface area (TPSA) is 106 Å². The lowest BCUT2D eigenvalue weighted by Crippen LogP contribution is -2.14. The first-order chi connectivity index (χ1) is 13.7. The van der Waals surface area contributed by atoms with E-state index in [0.717, 1.165) is 46.5 Å². The quantitative estimate of drug-likeness (QED) is 0.611. The first-order valence-electron chi connectivity index (χ1n) is 9.23. The number of carbonyl (C=O) groups excluding carboxylic acids is 1. The van der Waals surface area contributed by atoms with Gasteiger partial charge in [0.1, 0.15) is 10.0 Å². The van der Waals surface area contributed by atoms with E-state index in [1.54, 1.807) is 17.5 Å². The number of amides is 1. The zero-order valence-electron chi connectivity index (χ0n) is 15.5. The molecule has 1 saturated carbocycles. The lowest BCUT2D eigenvalue weighted by atomic mass is 10.0. The molecule has 1 aliphatic rings. The average molecular weight is 416 g/mol. The molecular formula is C18H21N7OS2. The van der Waals surface area contributed by atoms with Crippen LogP contribution in [0, 0.1) is 5.92 Å². The average Bonchev–Trinajstić information content (AvgIpc) is 3.43. The van der Waals surface area contributed by atoms with Crippen molar-refractivity contribution >= 4 is 38.8 Å². The predicted octanol–water partition coefficient (Wildman–Crippen LogP) is 3.13. The number of rotatable bonds is 7. The molecule has 2 unspecified atom stereocenters. The van der Waals surface area contributed by atoms with Gasteiger partial charge in [-0.3, -0.25) is 9.78 Å². The molecular weight excluding hydrogens is 394 g/mol. The van der Waals surface area contributed by atoms with Crippen LogP contribution in [0.4, 0.5) is 10.3 Å². The summed E-state index contributed by atoms with van der Waals surface area (Å²) >= 11 is 3.09. The fourth-order valence-corrected chi connectivity index (χ4v) is 5.16. The van der Waals surface area contributed by atoms with Crippen molar-refractivity contribution in [2.24, 2.45) is 5.92 Å². The molecule has 0 aromatic carbocycles. The number of anilines is 2. The molecule has 0 bridgehead atoms. The van der Waals surface area contributed by atoms with E-state index >= 15 is 0 Å². The summed E-state index contributed by atoms with van der Waals surface area (Å²) in [7, 11) is 1.87. The monoisotopic (exact) mass is 415 g/mol. The van der Waals surface area contributed by atoms with Gasteiger partial charge in [-0.15, -0.1) is 20.4 Å². The fourth-order valence-electron chi connectivity index (χ4n) is 3.45. The maximum atomic E-state index is 12.1. The second-order valence-electron chi connectivity index (χ2n) is 6.82. The first-order valence-corrected chi connectivity index (χ1v) is 10.9. The smallest absolute Gasteiger partial charge is 0.232 e. The minimum Gasteiger partial charge on any atom is -0.363 e. The van der Waals surface area contributed by atoms with Crippen LogP contribution >= 0.6 is 22.7 Å². The summed E-state index contributed by atoms with van der Waals surface area (Å²) in [5.41, 5.74) is 0.736. The normalized spacial score (nSPS) is 18.9. The number of pyridine rings is 1. The number of nitrogens with zero attached hydrogens (tertiary/aromatic N) is 5. The van der Waals surface area contributed by atoms with Crippen LogP contribution < -0.4 is 10.6 Å².